The lowest BCUT2D eigenvalue weighted by atomic mass is 10.1. The summed E-state index contributed by atoms with van der Waals surface area (Å²) in [6, 6.07) is 6.65. The highest BCUT2D eigenvalue weighted by atomic mass is 32.2. The number of aliphatic hydroxyl groups is 2. The molecule has 2 rings (SSSR count). The van der Waals surface area contributed by atoms with E-state index in [0.29, 0.717) is 17.2 Å². The summed E-state index contributed by atoms with van der Waals surface area (Å²) in [5.41, 5.74) is 0.492. The summed E-state index contributed by atoms with van der Waals surface area (Å²) in [5.74, 6) is -1.59. The molecule has 1 aromatic rings. The van der Waals surface area contributed by atoms with Gasteiger partial charge in [-0.25, -0.2) is 0 Å². The van der Waals surface area contributed by atoms with E-state index in [1.807, 2.05) is 0 Å². The monoisotopic (exact) mass is 299 g/mol. The maximum atomic E-state index is 12.2. The molecule has 0 saturated carbocycles. The van der Waals surface area contributed by atoms with Crippen molar-refractivity contribution in [1.82, 2.24) is 0 Å². The minimum absolute atomic E-state index is 0.274. The van der Waals surface area contributed by atoms with Gasteiger partial charge in [0, 0.05) is 11.4 Å². The largest absolute Gasteiger partial charge is 0.497 e. The predicted octanol–water partition coefficient (Wildman–Crippen LogP) is 0.794. The van der Waals surface area contributed by atoms with Gasteiger partial charge in [-0.3, -0.25) is 4.79 Å². The third-order valence-corrected chi connectivity index (χ3v) is 4.41. The Labute approximate surface area is 121 Å². The summed E-state index contributed by atoms with van der Waals surface area (Å²) < 4.78 is 10.1. The van der Waals surface area contributed by atoms with Gasteiger partial charge in [0.25, 0.3) is 5.91 Å². The third kappa shape index (κ3) is 2.76. The molecule has 1 heterocycles. The van der Waals surface area contributed by atoms with Crippen LogP contribution in [0.5, 0.6) is 5.75 Å². The van der Waals surface area contributed by atoms with Gasteiger partial charge in [-0.1, -0.05) is 0 Å². The van der Waals surface area contributed by atoms with Gasteiger partial charge in [-0.2, -0.15) is 0 Å². The zero-order chi connectivity index (χ0) is 14.8. The van der Waals surface area contributed by atoms with Crippen LogP contribution in [-0.2, 0) is 9.53 Å². The molecule has 7 heteroatoms. The first-order chi connectivity index (χ1) is 9.39. The first-order valence-corrected chi connectivity index (χ1v) is 7.06. The van der Waals surface area contributed by atoms with Gasteiger partial charge in [0.05, 0.1) is 13.7 Å². The highest BCUT2D eigenvalue weighted by molar-refractivity contribution is 8.01. The van der Waals surface area contributed by atoms with Crippen LogP contribution in [0, 0.1) is 0 Å². The molecule has 110 valence electrons. The van der Waals surface area contributed by atoms with E-state index >= 15 is 0 Å². The Bertz CT molecular complexity index is 490. The fraction of sp³-hybridized carbons (Fsp3) is 0.462. The number of hydrogen-bond acceptors (Lipinski definition) is 6. The Balaban J connectivity index is 2.13. The van der Waals surface area contributed by atoms with Crippen molar-refractivity contribution < 1.29 is 24.5 Å². The second kappa shape index (κ2) is 5.61. The van der Waals surface area contributed by atoms with Crippen LogP contribution in [0.15, 0.2) is 24.3 Å². The van der Waals surface area contributed by atoms with Crippen LogP contribution in [0.2, 0.25) is 0 Å². The van der Waals surface area contributed by atoms with Crippen molar-refractivity contribution in [2.24, 2.45) is 0 Å². The summed E-state index contributed by atoms with van der Waals surface area (Å²) in [7, 11) is 1.55. The van der Waals surface area contributed by atoms with Crippen molar-refractivity contribution in [3.05, 3.63) is 24.3 Å². The van der Waals surface area contributed by atoms with E-state index in [1.165, 1.54) is 6.92 Å². The molecule has 1 saturated heterocycles. The predicted molar refractivity (Wildman–Crippen MR) is 75.6 cm³/mol. The Morgan fingerprint density at radius 3 is 2.60 bits per heavy atom. The van der Waals surface area contributed by atoms with Gasteiger partial charge in [0.2, 0.25) is 10.7 Å². The highest BCUT2D eigenvalue weighted by Gasteiger charge is 2.56. The normalized spacial score (nSPS) is 29.8. The van der Waals surface area contributed by atoms with Crippen molar-refractivity contribution in [1.29, 1.82) is 0 Å². The highest BCUT2D eigenvalue weighted by Crippen LogP contribution is 2.39. The van der Waals surface area contributed by atoms with Crippen molar-refractivity contribution in [3.8, 4) is 5.75 Å². The summed E-state index contributed by atoms with van der Waals surface area (Å²) in [6.45, 7) is 1.54. The number of amides is 1. The van der Waals surface area contributed by atoms with Crippen molar-refractivity contribution in [3.63, 3.8) is 0 Å². The summed E-state index contributed by atoms with van der Waals surface area (Å²) in [6.07, 6.45) is 0. The average molecular weight is 299 g/mol. The van der Waals surface area contributed by atoms with Crippen molar-refractivity contribution in [2.45, 2.75) is 17.6 Å². The zero-order valence-corrected chi connectivity index (χ0v) is 12.1. The summed E-state index contributed by atoms with van der Waals surface area (Å²) >= 11 is 0.951. The number of methoxy groups -OCH3 is 1. The minimum atomic E-state index is -2.05. The number of hydrogen-bond donors (Lipinski definition) is 3. The average Bonchev–Trinajstić information content (AvgIpc) is 2.43. The van der Waals surface area contributed by atoms with Crippen LogP contribution in [0.1, 0.15) is 6.92 Å². The molecule has 20 heavy (non-hydrogen) atoms. The lowest BCUT2D eigenvalue weighted by molar-refractivity contribution is -0.252. The van der Waals surface area contributed by atoms with Crippen LogP contribution in [0.4, 0.5) is 5.69 Å². The second-order valence-electron chi connectivity index (χ2n) is 4.51. The Hall–Kier alpha value is -1.28. The lowest BCUT2D eigenvalue weighted by Gasteiger charge is -2.41. The molecule has 0 aliphatic carbocycles. The Kier molecular flexibility index (Phi) is 4.24. The maximum Gasteiger partial charge on any atom is 0.272 e. The van der Waals surface area contributed by atoms with Crippen LogP contribution in [0.25, 0.3) is 0 Å². The molecule has 6 nitrogen and oxygen atoms in total. The molecule has 0 bridgehead atoms. The molecule has 0 unspecified atom stereocenters. The third-order valence-electron chi connectivity index (χ3n) is 3.06. The number of carbonyl (C=O) groups excluding carboxylic acids is 1. The minimum Gasteiger partial charge on any atom is -0.497 e. The van der Waals surface area contributed by atoms with Crippen LogP contribution < -0.4 is 10.1 Å². The van der Waals surface area contributed by atoms with Gasteiger partial charge in [0.1, 0.15) is 5.75 Å². The number of carbonyl (C=O) groups is 1. The van der Waals surface area contributed by atoms with Gasteiger partial charge >= 0.3 is 0 Å². The standard InChI is InChI=1S/C13H17NO5S/c1-12(16)13(17,20-8-7-19-12)11(15)14-9-3-5-10(18-2)6-4-9/h3-6,16-17H,7-8H2,1-2H3,(H,14,15)/t12-,13+/m1/s1. The number of anilines is 1. The van der Waals surface area contributed by atoms with E-state index in [9.17, 15) is 15.0 Å². The first kappa shape index (κ1) is 15.1. The fourth-order valence-electron chi connectivity index (χ4n) is 1.83. The second-order valence-corrected chi connectivity index (χ2v) is 5.79. The number of thioether (sulfide) groups is 1. The van der Waals surface area contributed by atoms with E-state index in [0.717, 1.165) is 11.8 Å². The van der Waals surface area contributed by atoms with E-state index in [2.05, 4.69) is 5.32 Å². The van der Waals surface area contributed by atoms with Crippen molar-refractivity contribution in [2.75, 3.05) is 24.8 Å². The van der Waals surface area contributed by atoms with Gasteiger partial charge in [-0.05, 0) is 31.2 Å². The topological polar surface area (TPSA) is 88.0 Å². The molecule has 1 aromatic carbocycles. The van der Waals surface area contributed by atoms with E-state index in [-0.39, 0.29) is 6.61 Å². The fourth-order valence-corrected chi connectivity index (χ4v) is 2.80. The van der Waals surface area contributed by atoms with E-state index in [4.69, 9.17) is 9.47 Å². The summed E-state index contributed by atoms with van der Waals surface area (Å²) in [5, 5.41) is 23.0. The number of nitrogens with one attached hydrogen (secondary N) is 1. The molecule has 3 N–H and O–H groups in total. The molecule has 1 fully saturated rings. The van der Waals surface area contributed by atoms with Gasteiger partial charge in [0.15, 0.2) is 0 Å². The van der Waals surface area contributed by atoms with Crippen LogP contribution >= 0.6 is 11.8 Å². The SMILES string of the molecule is COc1ccc(NC(=O)[C@]2(O)SCCO[C@@]2(C)O)cc1. The molecular formula is C13H17NO5S. The quantitative estimate of drug-likeness (QED) is 0.765. The van der Waals surface area contributed by atoms with Crippen LogP contribution in [-0.4, -0.2) is 46.3 Å². The lowest BCUT2D eigenvalue weighted by Crippen LogP contribution is -2.61. The number of rotatable bonds is 3. The van der Waals surface area contributed by atoms with E-state index < -0.39 is 16.6 Å². The van der Waals surface area contributed by atoms with Crippen LogP contribution in [0.3, 0.4) is 0 Å². The summed E-state index contributed by atoms with van der Waals surface area (Å²) in [4.78, 5) is 10.2. The Morgan fingerprint density at radius 2 is 2.05 bits per heavy atom. The molecule has 0 radical (unpaired) electrons. The number of ether oxygens (including phenoxy) is 2. The van der Waals surface area contributed by atoms with Crippen molar-refractivity contribution >= 4 is 23.4 Å². The van der Waals surface area contributed by atoms with Gasteiger partial charge in [-0.15, -0.1) is 11.8 Å². The molecule has 0 aromatic heterocycles. The smallest absolute Gasteiger partial charge is 0.272 e. The number of benzene rings is 1. The zero-order valence-electron chi connectivity index (χ0n) is 11.3. The molecule has 1 amide bonds. The molecule has 1 aliphatic rings. The van der Waals surface area contributed by atoms with E-state index in [1.54, 1.807) is 31.4 Å². The first-order valence-electron chi connectivity index (χ1n) is 6.07. The Morgan fingerprint density at radius 1 is 1.40 bits per heavy atom. The molecule has 0 spiro atoms. The molecular weight excluding hydrogens is 282 g/mol. The molecule has 2 atom stereocenters. The maximum absolute atomic E-state index is 12.2. The molecule has 1 aliphatic heterocycles. The van der Waals surface area contributed by atoms with Gasteiger partial charge < -0.3 is 25.0 Å².